The normalized spacial score (nSPS) is 14.4. The van der Waals surface area contributed by atoms with Gasteiger partial charge in [-0.05, 0) is 30.9 Å². The number of benzene rings is 1. The van der Waals surface area contributed by atoms with Gasteiger partial charge in [0.1, 0.15) is 0 Å². The number of nitrogens with one attached hydrogen (secondary N) is 1. The molecule has 0 heterocycles. The molecule has 1 aromatic carbocycles. The molecular weight excluding hydrogens is 210 g/mol. The Morgan fingerprint density at radius 2 is 1.94 bits per heavy atom. The number of anilines is 1. The molecule has 96 valence electrons. The Morgan fingerprint density at radius 1 is 1.24 bits per heavy atom. The molecule has 2 atom stereocenters. The van der Waals surface area contributed by atoms with Crippen molar-refractivity contribution in [3.05, 3.63) is 29.8 Å². The second kappa shape index (κ2) is 7.33. The van der Waals surface area contributed by atoms with Gasteiger partial charge in [-0.3, -0.25) is 0 Å². The van der Waals surface area contributed by atoms with E-state index < -0.39 is 0 Å². The minimum absolute atomic E-state index is 0.503. The number of ether oxygens (including phenoxy) is 1. The van der Waals surface area contributed by atoms with Crippen molar-refractivity contribution in [1.29, 1.82) is 0 Å². The van der Waals surface area contributed by atoms with Crippen LogP contribution in [0.2, 0.25) is 0 Å². The average Bonchev–Trinajstić information content (AvgIpc) is 2.36. The summed E-state index contributed by atoms with van der Waals surface area (Å²) in [5.41, 5.74) is 2.59. The molecule has 0 radical (unpaired) electrons. The fraction of sp³-hybridized carbons (Fsp3) is 0.600. The molecule has 17 heavy (non-hydrogen) atoms. The van der Waals surface area contributed by atoms with Crippen molar-refractivity contribution < 1.29 is 4.74 Å². The van der Waals surface area contributed by atoms with Crippen LogP contribution >= 0.6 is 0 Å². The van der Waals surface area contributed by atoms with E-state index in [-0.39, 0.29) is 0 Å². The van der Waals surface area contributed by atoms with Gasteiger partial charge in [0, 0.05) is 18.8 Å². The van der Waals surface area contributed by atoms with E-state index in [1.54, 1.807) is 7.11 Å². The minimum Gasteiger partial charge on any atom is -0.384 e. The summed E-state index contributed by atoms with van der Waals surface area (Å²) in [4.78, 5) is 0. The lowest BCUT2D eigenvalue weighted by Gasteiger charge is -2.22. The lowest BCUT2D eigenvalue weighted by Crippen LogP contribution is -2.23. The largest absolute Gasteiger partial charge is 0.384 e. The molecular formula is C15H25NO. The maximum Gasteiger partial charge on any atom is 0.0503 e. The van der Waals surface area contributed by atoms with Gasteiger partial charge in [-0.15, -0.1) is 0 Å². The highest BCUT2D eigenvalue weighted by molar-refractivity contribution is 5.51. The third kappa shape index (κ3) is 4.39. The highest BCUT2D eigenvalue weighted by atomic mass is 16.5. The summed E-state index contributed by atoms with van der Waals surface area (Å²) in [5, 5.41) is 3.61. The molecule has 1 N–H and O–H groups in total. The van der Waals surface area contributed by atoms with Gasteiger partial charge < -0.3 is 10.1 Å². The van der Waals surface area contributed by atoms with Gasteiger partial charge in [0.05, 0.1) is 6.61 Å². The highest BCUT2D eigenvalue weighted by Crippen LogP contribution is 2.19. The molecule has 1 aromatic rings. The smallest absolute Gasteiger partial charge is 0.0503 e. The predicted molar refractivity (Wildman–Crippen MR) is 74.6 cm³/mol. The summed E-state index contributed by atoms with van der Waals surface area (Å²) < 4.78 is 5.15. The summed E-state index contributed by atoms with van der Waals surface area (Å²) in [5.74, 6) is 0.686. The lowest BCUT2D eigenvalue weighted by atomic mass is 10.00. The van der Waals surface area contributed by atoms with Gasteiger partial charge >= 0.3 is 0 Å². The van der Waals surface area contributed by atoms with Gasteiger partial charge in [-0.25, -0.2) is 0 Å². The summed E-state index contributed by atoms with van der Waals surface area (Å²) in [7, 11) is 1.75. The topological polar surface area (TPSA) is 21.3 Å². The third-order valence-corrected chi connectivity index (χ3v) is 3.47. The first-order chi connectivity index (χ1) is 8.19. The Labute approximate surface area is 105 Å². The number of methoxy groups -OCH3 is 1. The van der Waals surface area contributed by atoms with E-state index >= 15 is 0 Å². The first-order valence-corrected chi connectivity index (χ1v) is 6.52. The van der Waals surface area contributed by atoms with E-state index in [1.807, 2.05) is 0 Å². The maximum atomic E-state index is 5.15. The Hall–Kier alpha value is -1.02. The fourth-order valence-corrected chi connectivity index (χ4v) is 1.83. The summed E-state index contributed by atoms with van der Waals surface area (Å²) >= 11 is 0. The second-order valence-electron chi connectivity index (χ2n) is 4.72. The van der Waals surface area contributed by atoms with E-state index in [0.717, 1.165) is 13.0 Å². The first-order valence-electron chi connectivity index (χ1n) is 6.52. The van der Waals surface area contributed by atoms with Crippen LogP contribution in [-0.2, 0) is 11.2 Å². The van der Waals surface area contributed by atoms with Crippen molar-refractivity contribution in [3.8, 4) is 0 Å². The Morgan fingerprint density at radius 3 is 2.59 bits per heavy atom. The standard InChI is InChI=1S/C15H25NO/c1-5-12(2)13(3)16-15-9-7-6-8-14(15)10-11-17-4/h6-9,12-13,16H,5,10-11H2,1-4H3. The zero-order chi connectivity index (χ0) is 12.7. The van der Waals surface area contributed by atoms with Crippen molar-refractivity contribution in [3.63, 3.8) is 0 Å². The predicted octanol–water partition coefficient (Wildman–Crippen LogP) is 3.72. The van der Waals surface area contributed by atoms with Gasteiger partial charge in [0.2, 0.25) is 0 Å². The zero-order valence-corrected chi connectivity index (χ0v) is 11.5. The SMILES string of the molecule is CCC(C)C(C)Nc1ccccc1CCOC. The van der Waals surface area contributed by atoms with Crippen molar-refractivity contribution in [2.24, 2.45) is 5.92 Å². The first kappa shape index (κ1) is 14.0. The molecule has 0 aliphatic heterocycles. The second-order valence-corrected chi connectivity index (χ2v) is 4.72. The van der Waals surface area contributed by atoms with Crippen LogP contribution in [0.25, 0.3) is 0 Å². The van der Waals surface area contributed by atoms with Crippen LogP contribution in [-0.4, -0.2) is 19.8 Å². The van der Waals surface area contributed by atoms with Crippen LogP contribution < -0.4 is 5.32 Å². The molecule has 0 aromatic heterocycles. The lowest BCUT2D eigenvalue weighted by molar-refractivity contribution is 0.202. The molecule has 0 bridgehead atoms. The molecule has 0 amide bonds. The molecule has 2 heteroatoms. The summed E-state index contributed by atoms with van der Waals surface area (Å²) in [6, 6.07) is 9.00. The minimum atomic E-state index is 0.503. The maximum absolute atomic E-state index is 5.15. The molecule has 2 unspecified atom stereocenters. The van der Waals surface area contributed by atoms with Crippen LogP contribution in [0.4, 0.5) is 5.69 Å². The number of hydrogen-bond donors (Lipinski definition) is 1. The van der Waals surface area contributed by atoms with Crippen LogP contribution in [0.5, 0.6) is 0 Å². The Kier molecular flexibility index (Phi) is 6.06. The van der Waals surface area contributed by atoms with Crippen LogP contribution in [0.15, 0.2) is 24.3 Å². The molecule has 0 fully saturated rings. The van der Waals surface area contributed by atoms with Crippen molar-refractivity contribution in [2.45, 2.75) is 39.7 Å². The highest BCUT2D eigenvalue weighted by Gasteiger charge is 2.11. The molecule has 0 saturated heterocycles. The quantitative estimate of drug-likeness (QED) is 0.777. The van der Waals surface area contributed by atoms with E-state index in [4.69, 9.17) is 4.74 Å². The van der Waals surface area contributed by atoms with E-state index in [1.165, 1.54) is 17.7 Å². The fourth-order valence-electron chi connectivity index (χ4n) is 1.83. The monoisotopic (exact) mass is 235 g/mol. The van der Waals surface area contributed by atoms with Crippen molar-refractivity contribution in [2.75, 3.05) is 19.0 Å². The Balaban J connectivity index is 2.68. The van der Waals surface area contributed by atoms with E-state index in [2.05, 4.69) is 50.4 Å². The summed E-state index contributed by atoms with van der Waals surface area (Å²) in [6.07, 6.45) is 2.17. The van der Waals surface area contributed by atoms with Gasteiger partial charge in [-0.2, -0.15) is 0 Å². The van der Waals surface area contributed by atoms with E-state index in [9.17, 15) is 0 Å². The number of rotatable bonds is 7. The number of hydrogen-bond acceptors (Lipinski definition) is 2. The average molecular weight is 235 g/mol. The van der Waals surface area contributed by atoms with Crippen molar-refractivity contribution >= 4 is 5.69 Å². The molecule has 0 aliphatic carbocycles. The van der Waals surface area contributed by atoms with Crippen LogP contribution in [0.1, 0.15) is 32.8 Å². The Bertz CT molecular complexity index is 324. The molecule has 0 saturated carbocycles. The van der Waals surface area contributed by atoms with Crippen LogP contribution in [0.3, 0.4) is 0 Å². The zero-order valence-electron chi connectivity index (χ0n) is 11.5. The molecule has 0 aliphatic rings. The summed E-state index contributed by atoms with van der Waals surface area (Å²) in [6.45, 7) is 7.55. The van der Waals surface area contributed by atoms with Gasteiger partial charge in [0.15, 0.2) is 0 Å². The van der Waals surface area contributed by atoms with E-state index in [0.29, 0.717) is 12.0 Å². The van der Waals surface area contributed by atoms with Gasteiger partial charge in [0.25, 0.3) is 0 Å². The molecule has 1 rings (SSSR count). The molecule has 2 nitrogen and oxygen atoms in total. The van der Waals surface area contributed by atoms with Crippen molar-refractivity contribution in [1.82, 2.24) is 0 Å². The number of para-hydroxylation sites is 1. The van der Waals surface area contributed by atoms with Crippen LogP contribution in [0, 0.1) is 5.92 Å². The van der Waals surface area contributed by atoms with Gasteiger partial charge in [-0.1, -0.05) is 38.5 Å². The molecule has 0 spiro atoms. The third-order valence-electron chi connectivity index (χ3n) is 3.47.